The molecule has 0 aliphatic carbocycles. The normalized spacial score (nSPS) is 16.0. The summed E-state index contributed by atoms with van der Waals surface area (Å²) in [7, 11) is 0. The zero-order chi connectivity index (χ0) is 18.7. The van der Waals surface area contributed by atoms with E-state index in [4.69, 9.17) is 4.74 Å². The molecule has 6 heteroatoms. The number of carbonyl (C=O) groups is 2. The fraction of sp³-hybridized carbons (Fsp3) is 0.300. The van der Waals surface area contributed by atoms with Crippen LogP contribution in [0.25, 0.3) is 0 Å². The van der Waals surface area contributed by atoms with Gasteiger partial charge in [-0.25, -0.2) is 4.39 Å². The number of nitrogens with one attached hydrogen (secondary N) is 1. The molecule has 1 heterocycles. The minimum absolute atomic E-state index is 0.0713. The molecule has 0 saturated heterocycles. The largest absolute Gasteiger partial charge is 0.478 e. The van der Waals surface area contributed by atoms with E-state index in [2.05, 4.69) is 5.32 Å². The third-order valence-corrected chi connectivity index (χ3v) is 4.32. The molecule has 3 rings (SSSR count). The molecule has 1 aliphatic rings. The Morgan fingerprint density at radius 1 is 1.27 bits per heavy atom. The summed E-state index contributed by atoms with van der Waals surface area (Å²) in [6.07, 6.45) is -0.0935. The number of rotatable bonds is 5. The lowest BCUT2D eigenvalue weighted by Crippen LogP contribution is -2.49. The lowest BCUT2D eigenvalue weighted by molar-refractivity contribution is -0.129. The van der Waals surface area contributed by atoms with Gasteiger partial charge in [0.05, 0.1) is 5.69 Å². The topological polar surface area (TPSA) is 58.6 Å². The number of halogens is 1. The second-order valence-electron chi connectivity index (χ2n) is 6.28. The van der Waals surface area contributed by atoms with Crippen molar-refractivity contribution in [1.82, 2.24) is 5.32 Å². The molecule has 1 aliphatic heterocycles. The van der Waals surface area contributed by atoms with Gasteiger partial charge in [0.1, 0.15) is 18.1 Å². The maximum Gasteiger partial charge on any atom is 0.268 e. The van der Waals surface area contributed by atoms with Crippen LogP contribution in [-0.4, -0.2) is 24.5 Å². The molecule has 1 N–H and O–H groups in total. The Hall–Kier alpha value is -2.89. The molecule has 2 aromatic rings. The summed E-state index contributed by atoms with van der Waals surface area (Å²) in [6.45, 7) is 3.71. The Morgan fingerprint density at radius 2 is 2.04 bits per heavy atom. The van der Waals surface area contributed by atoms with Crippen LogP contribution in [0.2, 0.25) is 0 Å². The first-order valence-corrected chi connectivity index (χ1v) is 8.58. The summed E-state index contributed by atoms with van der Waals surface area (Å²) in [5.41, 5.74) is 1.95. The average Bonchev–Trinajstić information content (AvgIpc) is 2.63. The van der Waals surface area contributed by atoms with Crippen LogP contribution in [0.3, 0.4) is 0 Å². The number of nitrogens with zero attached hydrogens (tertiary/aromatic N) is 1. The van der Waals surface area contributed by atoms with Crippen molar-refractivity contribution in [2.75, 3.05) is 11.4 Å². The standard InChI is InChI=1S/C20H21FN2O3/c1-3-17-20(25)23(16-10-13(2)8-9-18(16)26-17)12-19(24)22-11-14-6-4-5-7-15(14)21/h4-10,17H,3,11-12H2,1-2H3,(H,22,24). The van der Waals surface area contributed by atoms with E-state index < -0.39 is 6.10 Å². The number of amides is 2. The molecule has 5 nitrogen and oxygen atoms in total. The molecule has 0 aromatic heterocycles. The van der Waals surface area contributed by atoms with Crippen molar-refractivity contribution in [2.24, 2.45) is 0 Å². The molecule has 0 radical (unpaired) electrons. The van der Waals surface area contributed by atoms with E-state index in [9.17, 15) is 14.0 Å². The van der Waals surface area contributed by atoms with Gasteiger partial charge in [-0.15, -0.1) is 0 Å². The van der Waals surface area contributed by atoms with Gasteiger partial charge in [0, 0.05) is 12.1 Å². The maximum atomic E-state index is 13.7. The third-order valence-electron chi connectivity index (χ3n) is 4.32. The van der Waals surface area contributed by atoms with Gasteiger partial charge in [0.15, 0.2) is 6.10 Å². The zero-order valence-electron chi connectivity index (χ0n) is 14.8. The van der Waals surface area contributed by atoms with Crippen molar-refractivity contribution in [3.8, 4) is 5.75 Å². The molecule has 1 atom stereocenters. The van der Waals surface area contributed by atoms with Gasteiger partial charge in [0.2, 0.25) is 5.91 Å². The minimum atomic E-state index is -0.607. The van der Waals surface area contributed by atoms with E-state index in [1.54, 1.807) is 18.2 Å². The molecular weight excluding hydrogens is 335 g/mol. The summed E-state index contributed by atoms with van der Waals surface area (Å²) in [4.78, 5) is 26.5. The number of benzene rings is 2. The Labute approximate surface area is 151 Å². The number of ether oxygens (including phenoxy) is 1. The smallest absolute Gasteiger partial charge is 0.268 e. The van der Waals surface area contributed by atoms with Crippen molar-refractivity contribution in [3.05, 3.63) is 59.4 Å². The number of aryl methyl sites for hydroxylation is 1. The Morgan fingerprint density at radius 3 is 2.77 bits per heavy atom. The molecule has 2 aromatic carbocycles. The first-order valence-electron chi connectivity index (χ1n) is 8.58. The van der Waals surface area contributed by atoms with Gasteiger partial charge in [-0.1, -0.05) is 31.2 Å². The molecule has 26 heavy (non-hydrogen) atoms. The SMILES string of the molecule is CCC1Oc2ccc(C)cc2N(CC(=O)NCc2ccccc2F)C1=O. The summed E-state index contributed by atoms with van der Waals surface area (Å²) < 4.78 is 19.4. The number of fused-ring (bicyclic) bond motifs is 1. The van der Waals surface area contributed by atoms with Gasteiger partial charge >= 0.3 is 0 Å². The third kappa shape index (κ3) is 3.69. The van der Waals surface area contributed by atoms with Gasteiger partial charge < -0.3 is 10.1 Å². The summed E-state index contributed by atoms with van der Waals surface area (Å²) in [5, 5.41) is 2.67. The van der Waals surface area contributed by atoms with E-state index >= 15 is 0 Å². The first kappa shape index (κ1) is 17.9. The molecule has 1 unspecified atom stereocenters. The van der Waals surface area contributed by atoms with Gasteiger partial charge in [-0.3, -0.25) is 14.5 Å². The fourth-order valence-electron chi connectivity index (χ4n) is 2.89. The second kappa shape index (κ2) is 7.56. The fourth-order valence-corrected chi connectivity index (χ4v) is 2.89. The molecule has 0 fully saturated rings. The molecule has 0 spiro atoms. The minimum Gasteiger partial charge on any atom is -0.478 e. The number of hydrogen-bond acceptors (Lipinski definition) is 3. The molecule has 2 amide bonds. The van der Waals surface area contributed by atoms with E-state index in [0.717, 1.165) is 5.56 Å². The van der Waals surface area contributed by atoms with E-state index in [0.29, 0.717) is 23.4 Å². The van der Waals surface area contributed by atoms with Crippen LogP contribution in [0.15, 0.2) is 42.5 Å². The number of hydrogen-bond donors (Lipinski definition) is 1. The Balaban J connectivity index is 1.75. The molecule has 136 valence electrons. The van der Waals surface area contributed by atoms with Crippen LogP contribution in [0.4, 0.5) is 10.1 Å². The van der Waals surface area contributed by atoms with E-state index in [-0.39, 0.29) is 30.7 Å². The summed E-state index contributed by atoms with van der Waals surface area (Å²) in [5.74, 6) is -0.385. The van der Waals surface area contributed by atoms with Crippen molar-refractivity contribution in [1.29, 1.82) is 0 Å². The van der Waals surface area contributed by atoms with E-state index in [1.165, 1.54) is 11.0 Å². The summed E-state index contributed by atoms with van der Waals surface area (Å²) >= 11 is 0. The van der Waals surface area contributed by atoms with Crippen molar-refractivity contribution < 1.29 is 18.7 Å². The Kier molecular flexibility index (Phi) is 5.21. The molecule has 0 bridgehead atoms. The van der Waals surface area contributed by atoms with Crippen molar-refractivity contribution >= 4 is 17.5 Å². The zero-order valence-corrected chi connectivity index (χ0v) is 14.8. The highest BCUT2D eigenvalue weighted by molar-refractivity contribution is 6.03. The van der Waals surface area contributed by atoms with Gasteiger partial charge in [-0.05, 0) is 37.1 Å². The predicted octanol–water partition coefficient (Wildman–Crippen LogP) is 2.95. The van der Waals surface area contributed by atoms with Crippen LogP contribution in [0, 0.1) is 12.7 Å². The Bertz CT molecular complexity index is 838. The number of anilines is 1. The van der Waals surface area contributed by atoms with Crippen LogP contribution in [0.5, 0.6) is 5.75 Å². The number of carbonyl (C=O) groups excluding carboxylic acids is 2. The van der Waals surface area contributed by atoms with Crippen LogP contribution in [-0.2, 0) is 16.1 Å². The van der Waals surface area contributed by atoms with Crippen LogP contribution in [0.1, 0.15) is 24.5 Å². The van der Waals surface area contributed by atoms with Crippen molar-refractivity contribution in [3.63, 3.8) is 0 Å². The first-order chi connectivity index (χ1) is 12.5. The van der Waals surface area contributed by atoms with Gasteiger partial charge in [0.25, 0.3) is 5.91 Å². The predicted molar refractivity (Wildman–Crippen MR) is 96.5 cm³/mol. The maximum absolute atomic E-state index is 13.7. The molecular formula is C20H21FN2O3. The lowest BCUT2D eigenvalue weighted by atomic mass is 10.1. The van der Waals surface area contributed by atoms with E-state index in [1.807, 2.05) is 32.0 Å². The van der Waals surface area contributed by atoms with Gasteiger partial charge in [-0.2, -0.15) is 0 Å². The monoisotopic (exact) mass is 356 g/mol. The second-order valence-corrected chi connectivity index (χ2v) is 6.28. The van der Waals surface area contributed by atoms with Crippen molar-refractivity contribution in [2.45, 2.75) is 32.9 Å². The highest BCUT2D eigenvalue weighted by Gasteiger charge is 2.34. The highest BCUT2D eigenvalue weighted by atomic mass is 19.1. The lowest BCUT2D eigenvalue weighted by Gasteiger charge is -2.33. The average molecular weight is 356 g/mol. The highest BCUT2D eigenvalue weighted by Crippen LogP contribution is 2.35. The summed E-state index contributed by atoms with van der Waals surface area (Å²) in [6, 6.07) is 11.8. The van der Waals surface area contributed by atoms with Crippen LogP contribution < -0.4 is 15.0 Å². The van der Waals surface area contributed by atoms with Crippen LogP contribution >= 0.6 is 0 Å². The quantitative estimate of drug-likeness (QED) is 0.896. The molecule has 0 saturated carbocycles.